The third-order valence-corrected chi connectivity index (χ3v) is 9.47. The van der Waals surface area contributed by atoms with Gasteiger partial charge in [-0.05, 0) is 76.1 Å². The van der Waals surface area contributed by atoms with Crippen molar-refractivity contribution in [3.8, 4) is 0 Å². The van der Waals surface area contributed by atoms with Crippen molar-refractivity contribution < 1.29 is 0 Å². The Labute approximate surface area is 187 Å². The van der Waals surface area contributed by atoms with Crippen LogP contribution in [-0.2, 0) is 0 Å². The van der Waals surface area contributed by atoms with Gasteiger partial charge in [0.25, 0.3) is 0 Å². The van der Waals surface area contributed by atoms with Crippen LogP contribution in [0.25, 0.3) is 0 Å². The molecule has 0 aromatic heterocycles. The van der Waals surface area contributed by atoms with Crippen LogP contribution in [0.4, 0.5) is 0 Å². The normalized spacial score (nSPS) is 31.9. The molecule has 2 heteroatoms. The molecule has 0 aromatic carbocycles. The lowest BCUT2D eigenvalue weighted by molar-refractivity contribution is 0.244. The summed E-state index contributed by atoms with van der Waals surface area (Å²) >= 11 is 7.97. The number of hydrogen-bond acceptors (Lipinski definition) is 0. The maximum absolute atomic E-state index is 3.98. The molecule has 0 saturated carbocycles. The Morgan fingerprint density at radius 3 is 1.21 bits per heavy atom. The molecule has 0 saturated heterocycles. The van der Waals surface area contributed by atoms with Crippen LogP contribution < -0.4 is 0 Å². The van der Waals surface area contributed by atoms with Gasteiger partial charge in [0.2, 0.25) is 0 Å². The lowest BCUT2D eigenvalue weighted by Gasteiger charge is -2.58. The number of rotatable bonds is 0. The van der Waals surface area contributed by atoms with Crippen LogP contribution in [0.5, 0.6) is 0 Å². The van der Waals surface area contributed by atoms with Gasteiger partial charge in [-0.3, -0.25) is 0 Å². The van der Waals surface area contributed by atoms with Crippen molar-refractivity contribution in [3.63, 3.8) is 0 Å². The number of halogens is 2. The molecule has 0 N–H and O–H groups in total. The van der Waals surface area contributed by atoms with Crippen molar-refractivity contribution in [2.45, 2.75) is 55.4 Å². The lowest BCUT2D eigenvalue weighted by atomic mass is 9.45. The standard InChI is InChI=1S/C26H30Br2/c1-23(2,3)17-11-15-9-10-16-12-18(24(4,5)6)14-20-22(28)21(27)19(13-17)25(15,7)26(16,20)8/h9-14H,1-8H3/t25-,26-/m0/s1. The fourth-order valence-electron chi connectivity index (χ4n) is 5.01. The third-order valence-electron chi connectivity index (χ3n) is 7.29. The molecular weight excluding hydrogens is 472 g/mol. The van der Waals surface area contributed by atoms with Crippen molar-refractivity contribution in [2.75, 3.05) is 0 Å². The van der Waals surface area contributed by atoms with Gasteiger partial charge in [0, 0.05) is 19.8 Å². The summed E-state index contributed by atoms with van der Waals surface area (Å²) in [5.41, 5.74) is 8.42. The van der Waals surface area contributed by atoms with Gasteiger partial charge < -0.3 is 0 Å². The average Bonchev–Trinajstić information content (AvgIpc) is 2.56. The monoisotopic (exact) mass is 500 g/mol. The maximum atomic E-state index is 3.98. The van der Waals surface area contributed by atoms with Gasteiger partial charge in [-0.25, -0.2) is 0 Å². The predicted octanol–water partition coefficient (Wildman–Crippen LogP) is 8.71. The van der Waals surface area contributed by atoms with E-state index >= 15 is 0 Å². The van der Waals surface area contributed by atoms with E-state index in [1.165, 1.54) is 42.4 Å². The van der Waals surface area contributed by atoms with E-state index in [2.05, 4.69) is 124 Å². The SMILES string of the molecule is CC(C)(C)C1=CC2=C(Br)C(Br)=C3C=C(C(C)(C)C)C=C4C=CC(=C1)[C@]2(C)[C@@]43C. The van der Waals surface area contributed by atoms with Crippen LogP contribution in [0.1, 0.15) is 55.4 Å². The van der Waals surface area contributed by atoms with Gasteiger partial charge in [-0.2, -0.15) is 0 Å². The molecular formula is C26H30Br2. The highest BCUT2D eigenvalue weighted by Gasteiger charge is 2.59. The Morgan fingerprint density at radius 1 is 0.607 bits per heavy atom. The molecule has 0 fully saturated rings. The highest BCUT2D eigenvalue weighted by molar-refractivity contribution is 9.15. The molecule has 2 atom stereocenters. The molecule has 0 heterocycles. The molecule has 28 heavy (non-hydrogen) atoms. The minimum absolute atomic E-state index is 0.0896. The van der Waals surface area contributed by atoms with Gasteiger partial charge in [0.05, 0.1) is 0 Å². The highest BCUT2D eigenvalue weighted by Crippen LogP contribution is 2.69. The summed E-state index contributed by atoms with van der Waals surface area (Å²) in [5, 5.41) is 0. The smallest absolute Gasteiger partial charge is 0.0362 e. The predicted molar refractivity (Wildman–Crippen MR) is 129 cm³/mol. The number of allylic oxidation sites excluding steroid dienone is 14. The van der Waals surface area contributed by atoms with Gasteiger partial charge >= 0.3 is 0 Å². The Kier molecular flexibility index (Phi) is 4.27. The minimum atomic E-state index is -0.0896. The van der Waals surface area contributed by atoms with Crippen LogP contribution in [-0.4, -0.2) is 0 Å². The second kappa shape index (κ2) is 5.85. The van der Waals surface area contributed by atoms with Gasteiger partial charge in [0.15, 0.2) is 0 Å². The van der Waals surface area contributed by atoms with Crippen LogP contribution in [0.2, 0.25) is 0 Å². The van der Waals surface area contributed by atoms with Crippen LogP contribution in [0.15, 0.2) is 78.9 Å². The average molecular weight is 502 g/mol. The quantitative estimate of drug-likeness (QED) is 0.311. The van der Waals surface area contributed by atoms with Gasteiger partial charge in [-0.1, -0.05) is 91.8 Å². The molecule has 0 spiro atoms. The molecule has 0 nitrogen and oxygen atoms in total. The second-order valence-electron chi connectivity index (χ2n) is 10.9. The largest absolute Gasteiger partial charge is 0.0578 e. The van der Waals surface area contributed by atoms with Crippen LogP contribution in [0, 0.1) is 21.7 Å². The molecule has 0 radical (unpaired) electrons. The highest BCUT2D eigenvalue weighted by atomic mass is 79.9. The van der Waals surface area contributed by atoms with Crippen LogP contribution in [0.3, 0.4) is 0 Å². The first-order valence-electron chi connectivity index (χ1n) is 10.1. The van der Waals surface area contributed by atoms with Gasteiger partial charge in [-0.15, -0.1) is 0 Å². The molecule has 4 rings (SSSR count). The Balaban J connectivity index is 2.11. The minimum Gasteiger partial charge on any atom is -0.0578 e. The van der Waals surface area contributed by atoms with Crippen molar-refractivity contribution in [1.29, 1.82) is 0 Å². The molecule has 148 valence electrons. The topological polar surface area (TPSA) is 0 Å². The Morgan fingerprint density at radius 2 is 0.929 bits per heavy atom. The summed E-state index contributed by atoms with van der Waals surface area (Å²) in [4.78, 5) is 0. The molecule has 0 bridgehead atoms. The van der Waals surface area contributed by atoms with E-state index < -0.39 is 0 Å². The first-order chi connectivity index (χ1) is 12.7. The zero-order valence-electron chi connectivity index (χ0n) is 18.2. The van der Waals surface area contributed by atoms with Crippen LogP contribution >= 0.6 is 31.9 Å². The van der Waals surface area contributed by atoms with E-state index in [1.54, 1.807) is 0 Å². The lowest BCUT2D eigenvalue weighted by Crippen LogP contribution is -2.49. The molecule has 0 aliphatic heterocycles. The summed E-state index contributed by atoms with van der Waals surface area (Å²) in [6.07, 6.45) is 14.4. The summed E-state index contributed by atoms with van der Waals surface area (Å²) in [5.74, 6) is 0. The molecule has 4 aliphatic carbocycles. The molecule has 0 unspecified atom stereocenters. The number of hydrogen-bond donors (Lipinski definition) is 0. The third kappa shape index (κ3) is 2.46. The van der Waals surface area contributed by atoms with E-state index in [9.17, 15) is 0 Å². The van der Waals surface area contributed by atoms with E-state index in [0.29, 0.717) is 0 Å². The fourth-order valence-corrected chi connectivity index (χ4v) is 6.46. The summed E-state index contributed by atoms with van der Waals surface area (Å²) < 4.78 is 2.38. The van der Waals surface area contributed by atoms with E-state index in [4.69, 9.17) is 0 Å². The summed E-state index contributed by atoms with van der Waals surface area (Å²) in [6.45, 7) is 18.6. The van der Waals surface area contributed by atoms with Crippen molar-refractivity contribution in [2.24, 2.45) is 21.7 Å². The van der Waals surface area contributed by atoms with E-state index in [0.717, 1.165) is 0 Å². The second-order valence-corrected chi connectivity index (χ2v) is 12.5. The Bertz CT molecular complexity index is 924. The summed E-state index contributed by atoms with van der Waals surface area (Å²) in [6, 6.07) is 0. The molecule has 4 aliphatic rings. The molecule has 0 amide bonds. The van der Waals surface area contributed by atoms with Crippen molar-refractivity contribution in [1.82, 2.24) is 0 Å². The summed E-state index contributed by atoms with van der Waals surface area (Å²) in [7, 11) is 0. The zero-order chi connectivity index (χ0) is 20.9. The van der Waals surface area contributed by atoms with Gasteiger partial charge in [0.1, 0.15) is 0 Å². The van der Waals surface area contributed by atoms with E-state index in [1.807, 2.05) is 0 Å². The first-order valence-corrected chi connectivity index (χ1v) is 11.7. The van der Waals surface area contributed by atoms with Crippen molar-refractivity contribution >= 4 is 31.9 Å². The zero-order valence-corrected chi connectivity index (χ0v) is 21.4. The fraction of sp³-hybridized carbons (Fsp3) is 0.462. The van der Waals surface area contributed by atoms with Crippen molar-refractivity contribution in [3.05, 3.63) is 78.9 Å². The maximum Gasteiger partial charge on any atom is 0.0362 e. The molecule has 0 aromatic rings. The van der Waals surface area contributed by atoms with E-state index in [-0.39, 0.29) is 21.7 Å². The first kappa shape index (κ1) is 20.4. The Hall–Kier alpha value is -0.860.